The summed E-state index contributed by atoms with van der Waals surface area (Å²) in [5.74, 6) is 2.60. The van der Waals surface area contributed by atoms with Crippen LogP contribution in [0.15, 0.2) is 0 Å². The Balaban J connectivity index is 2.36. The van der Waals surface area contributed by atoms with E-state index < -0.39 is 10.0 Å². The number of hydrogen-bond acceptors (Lipinski definition) is 3. The van der Waals surface area contributed by atoms with Crippen LogP contribution in [-0.2, 0) is 10.0 Å². The first-order valence-electron chi connectivity index (χ1n) is 6.27. The van der Waals surface area contributed by atoms with Crippen LogP contribution in [0.1, 0.15) is 39.0 Å². The molecule has 1 saturated heterocycles. The van der Waals surface area contributed by atoms with E-state index in [-0.39, 0.29) is 11.8 Å². The van der Waals surface area contributed by atoms with E-state index >= 15 is 0 Å². The van der Waals surface area contributed by atoms with Gasteiger partial charge in [0.05, 0.1) is 11.8 Å². The van der Waals surface area contributed by atoms with E-state index in [2.05, 4.69) is 16.0 Å². The van der Waals surface area contributed by atoms with E-state index in [9.17, 15) is 8.42 Å². The topological polar surface area (TPSA) is 58.2 Å². The predicted molar refractivity (Wildman–Crippen MR) is 70.1 cm³/mol. The minimum absolute atomic E-state index is 0.156. The van der Waals surface area contributed by atoms with E-state index in [0.29, 0.717) is 18.9 Å². The fraction of sp³-hybridized carbons (Fsp3) is 0.833. The van der Waals surface area contributed by atoms with Gasteiger partial charge < -0.3 is 5.32 Å². The number of sulfonamides is 1. The highest BCUT2D eigenvalue weighted by molar-refractivity contribution is 7.89. The summed E-state index contributed by atoms with van der Waals surface area (Å²) in [6.07, 6.45) is 9.98. The van der Waals surface area contributed by atoms with Gasteiger partial charge in [0.1, 0.15) is 0 Å². The molecule has 1 rings (SSSR count). The minimum atomic E-state index is -3.24. The average Bonchev–Trinajstić information content (AvgIpc) is 2.35. The van der Waals surface area contributed by atoms with Gasteiger partial charge in [-0.15, -0.1) is 6.42 Å². The Hall–Kier alpha value is -0.570. The van der Waals surface area contributed by atoms with Crippen molar-refractivity contribution >= 4 is 10.0 Å². The largest absolute Gasteiger partial charge is 0.314 e. The van der Waals surface area contributed by atoms with Crippen molar-refractivity contribution in [3.63, 3.8) is 0 Å². The van der Waals surface area contributed by atoms with Crippen molar-refractivity contribution in [1.29, 1.82) is 0 Å². The zero-order valence-corrected chi connectivity index (χ0v) is 11.2. The lowest BCUT2D eigenvalue weighted by molar-refractivity contribution is 0.392. The molecule has 1 fully saturated rings. The molecule has 5 heteroatoms. The smallest absolute Gasteiger partial charge is 0.212 e. The molecule has 0 bridgehead atoms. The summed E-state index contributed by atoms with van der Waals surface area (Å²) in [4.78, 5) is 0. The lowest BCUT2D eigenvalue weighted by atomic mass is 10.0. The number of rotatable bonds is 6. The van der Waals surface area contributed by atoms with Crippen LogP contribution >= 0.6 is 0 Å². The monoisotopic (exact) mass is 258 g/mol. The Morgan fingerprint density at radius 2 is 2.29 bits per heavy atom. The van der Waals surface area contributed by atoms with Crippen molar-refractivity contribution < 1.29 is 8.42 Å². The molecule has 1 aliphatic heterocycles. The third-order valence-electron chi connectivity index (χ3n) is 3.08. The second-order valence-corrected chi connectivity index (χ2v) is 6.37. The molecule has 0 amide bonds. The molecule has 2 N–H and O–H groups in total. The highest BCUT2D eigenvalue weighted by Gasteiger charge is 2.19. The number of nitrogens with one attached hydrogen (secondary N) is 2. The average molecular weight is 258 g/mol. The molecule has 0 aromatic rings. The molecule has 2 atom stereocenters. The summed E-state index contributed by atoms with van der Waals surface area (Å²) in [5, 5.41) is 3.34. The Labute approximate surface area is 105 Å². The molecule has 0 saturated carbocycles. The van der Waals surface area contributed by atoms with Crippen molar-refractivity contribution in [1.82, 2.24) is 10.0 Å². The van der Waals surface area contributed by atoms with E-state index in [1.54, 1.807) is 0 Å². The Kier molecular flexibility index (Phi) is 5.96. The van der Waals surface area contributed by atoms with Crippen LogP contribution in [0.25, 0.3) is 0 Å². The van der Waals surface area contributed by atoms with E-state index in [4.69, 9.17) is 6.42 Å². The van der Waals surface area contributed by atoms with Gasteiger partial charge in [0.25, 0.3) is 0 Å². The van der Waals surface area contributed by atoms with E-state index in [0.717, 1.165) is 13.0 Å². The third-order valence-corrected chi connectivity index (χ3v) is 4.50. The quantitative estimate of drug-likeness (QED) is 0.694. The molecule has 1 heterocycles. The second-order valence-electron chi connectivity index (χ2n) is 4.50. The molecule has 1 aliphatic rings. The Morgan fingerprint density at radius 3 is 2.82 bits per heavy atom. The van der Waals surface area contributed by atoms with Gasteiger partial charge in [0, 0.05) is 6.04 Å². The number of terminal acetylenes is 1. The van der Waals surface area contributed by atoms with Gasteiger partial charge in [0.2, 0.25) is 10.0 Å². The van der Waals surface area contributed by atoms with Crippen LogP contribution in [0.5, 0.6) is 0 Å². The maximum Gasteiger partial charge on any atom is 0.212 e. The summed E-state index contributed by atoms with van der Waals surface area (Å²) in [7, 11) is -3.24. The maximum atomic E-state index is 11.8. The third kappa shape index (κ3) is 5.53. The van der Waals surface area contributed by atoms with Crippen molar-refractivity contribution in [2.24, 2.45) is 0 Å². The fourth-order valence-corrected chi connectivity index (χ4v) is 3.36. The van der Waals surface area contributed by atoms with Gasteiger partial charge in [-0.3, -0.25) is 0 Å². The Bertz CT molecular complexity index is 353. The normalized spacial score (nSPS) is 22.9. The first kappa shape index (κ1) is 14.5. The summed E-state index contributed by atoms with van der Waals surface area (Å²) in [6.45, 7) is 2.87. The predicted octanol–water partition coefficient (Wildman–Crippen LogP) is 0.850. The van der Waals surface area contributed by atoms with Gasteiger partial charge in [-0.05, 0) is 32.2 Å². The fourth-order valence-electron chi connectivity index (χ4n) is 1.98. The van der Waals surface area contributed by atoms with Crippen LogP contribution in [0.4, 0.5) is 0 Å². The van der Waals surface area contributed by atoms with E-state index in [1.807, 2.05) is 6.92 Å². The number of piperidine rings is 1. The van der Waals surface area contributed by atoms with Gasteiger partial charge in [0.15, 0.2) is 0 Å². The molecular formula is C12H22N2O2S. The molecular weight excluding hydrogens is 236 g/mol. The van der Waals surface area contributed by atoms with Gasteiger partial charge in [-0.25, -0.2) is 13.1 Å². The highest BCUT2D eigenvalue weighted by Crippen LogP contribution is 2.11. The van der Waals surface area contributed by atoms with Crippen LogP contribution in [0.3, 0.4) is 0 Å². The molecule has 17 heavy (non-hydrogen) atoms. The second kappa shape index (κ2) is 7.00. The highest BCUT2D eigenvalue weighted by atomic mass is 32.2. The molecule has 98 valence electrons. The zero-order valence-electron chi connectivity index (χ0n) is 10.4. The molecule has 0 aliphatic carbocycles. The minimum Gasteiger partial charge on any atom is -0.314 e. The summed E-state index contributed by atoms with van der Waals surface area (Å²) in [6, 6.07) is -0.0365. The maximum absolute atomic E-state index is 11.8. The summed E-state index contributed by atoms with van der Waals surface area (Å²) >= 11 is 0. The zero-order chi connectivity index (χ0) is 12.7. The van der Waals surface area contributed by atoms with Gasteiger partial charge in [-0.2, -0.15) is 0 Å². The first-order chi connectivity index (χ1) is 8.07. The van der Waals surface area contributed by atoms with Gasteiger partial charge in [-0.1, -0.05) is 19.3 Å². The van der Waals surface area contributed by atoms with Crippen molar-refractivity contribution in [2.45, 2.75) is 51.1 Å². The van der Waals surface area contributed by atoms with Crippen LogP contribution in [0.2, 0.25) is 0 Å². The van der Waals surface area contributed by atoms with Crippen LogP contribution in [0, 0.1) is 12.3 Å². The van der Waals surface area contributed by atoms with Crippen LogP contribution < -0.4 is 10.0 Å². The molecule has 0 radical (unpaired) electrons. The molecule has 0 aromatic heterocycles. The van der Waals surface area contributed by atoms with Crippen molar-refractivity contribution in [3.8, 4) is 12.3 Å². The van der Waals surface area contributed by atoms with Gasteiger partial charge >= 0.3 is 0 Å². The van der Waals surface area contributed by atoms with Crippen LogP contribution in [-0.4, -0.2) is 32.8 Å². The molecule has 0 aromatic carbocycles. The number of hydrogen-bond donors (Lipinski definition) is 2. The van der Waals surface area contributed by atoms with Crippen molar-refractivity contribution in [2.75, 3.05) is 12.3 Å². The molecule has 0 spiro atoms. The molecule has 4 nitrogen and oxygen atoms in total. The summed E-state index contributed by atoms with van der Waals surface area (Å²) < 4.78 is 26.1. The SMILES string of the molecule is C#CC(CC)NS(=O)(=O)CCC1CCCCN1. The Morgan fingerprint density at radius 1 is 1.53 bits per heavy atom. The summed E-state index contributed by atoms with van der Waals surface area (Å²) in [5.41, 5.74) is 0. The van der Waals surface area contributed by atoms with Crippen molar-refractivity contribution in [3.05, 3.63) is 0 Å². The lowest BCUT2D eigenvalue weighted by Gasteiger charge is -2.23. The van der Waals surface area contributed by atoms with E-state index in [1.165, 1.54) is 12.8 Å². The standard InChI is InChI=1S/C12H22N2O2S/c1-3-11(4-2)14-17(15,16)10-8-12-7-5-6-9-13-12/h1,11-14H,4-10H2,2H3. The molecule has 2 unspecified atom stereocenters. The lowest BCUT2D eigenvalue weighted by Crippen LogP contribution is -2.39. The first-order valence-corrected chi connectivity index (χ1v) is 7.92.